The number of nitro groups is 1. The molecule has 1 saturated heterocycles. The van der Waals surface area contributed by atoms with E-state index in [1.165, 1.54) is 7.05 Å². The molecule has 2 heterocycles. The summed E-state index contributed by atoms with van der Waals surface area (Å²) in [4.78, 5) is 41.2. The van der Waals surface area contributed by atoms with Crippen molar-refractivity contribution in [3.63, 3.8) is 0 Å². The van der Waals surface area contributed by atoms with E-state index in [1.54, 1.807) is 0 Å². The first kappa shape index (κ1) is 13.1. The smallest absolute Gasteiger partial charge is 0.329 e. The molecule has 1 aromatic heterocycles. The highest BCUT2D eigenvalue weighted by Crippen LogP contribution is 2.25. The van der Waals surface area contributed by atoms with E-state index in [9.17, 15) is 19.7 Å². The third-order valence-electron chi connectivity index (χ3n) is 2.63. The lowest BCUT2D eigenvalue weighted by Gasteiger charge is -2.11. The summed E-state index contributed by atoms with van der Waals surface area (Å²) in [6, 6.07) is -0.887. The minimum Gasteiger partial charge on any atom is -0.352 e. The molecule has 10 heteroatoms. The van der Waals surface area contributed by atoms with Crippen LogP contribution in [0.5, 0.6) is 0 Å². The number of rotatable bonds is 3. The predicted molar refractivity (Wildman–Crippen MR) is 63.5 cm³/mol. The number of aromatic nitrogens is 2. The Morgan fingerprint density at radius 2 is 2.26 bits per heavy atom. The molecule has 0 aliphatic carbocycles. The first-order valence-corrected chi connectivity index (χ1v) is 5.52. The molecule has 1 aliphatic rings. The fourth-order valence-corrected chi connectivity index (χ4v) is 1.76. The summed E-state index contributed by atoms with van der Waals surface area (Å²) < 4.78 is 0. The number of anilines is 1. The maximum absolute atomic E-state index is 11.7. The predicted octanol–water partition coefficient (Wildman–Crippen LogP) is 0.207. The van der Waals surface area contributed by atoms with Crippen LogP contribution in [0.25, 0.3) is 0 Å². The van der Waals surface area contributed by atoms with Gasteiger partial charge in [0, 0.05) is 7.05 Å². The van der Waals surface area contributed by atoms with E-state index in [0.717, 1.165) is 11.1 Å². The lowest BCUT2D eigenvalue weighted by atomic mass is 10.2. The number of carbonyl (C=O) groups excluding carboxylic acids is 2. The number of hydrogen-bond acceptors (Lipinski definition) is 7. The summed E-state index contributed by atoms with van der Waals surface area (Å²) >= 11 is 5.55. The van der Waals surface area contributed by atoms with Gasteiger partial charge < -0.3 is 5.32 Å². The minimum absolute atomic E-state index is 0.0892. The summed E-state index contributed by atoms with van der Waals surface area (Å²) in [5.74, 6) is -1.04. The molecule has 1 aliphatic heterocycles. The summed E-state index contributed by atoms with van der Waals surface area (Å²) in [7, 11) is 1.34. The van der Waals surface area contributed by atoms with Gasteiger partial charge in [0.05, 0.1) is 11.3 Å². The van der Waals surface area contributed by atoms with Crippen LogP contribution in [-0.2, 0) is 9.59 Å². The number of nitrogens with zero attached hydrogens (tertiary/aromatic N) is 4. The molecule has 0 bridgehead atoms. The number of likely N-dealkylation sites (tertiary alicyclic amines) is 1. The SMILES string of the molecule is CN1C(=O)CC(Nc2nc(Cl)ncc2[N+](=O)[O-])C1=O. The zero-order valence-electron chi connectivity index (χ0n) is 9.66. The van der Waals surface area contributed by atoms with Crippen molar-refractivity contribution < 1.29 is 14.5 Å². The number of imide groups is 1. The van der Waals surface area contributed by atoms with Gasteiger partial charge in [0.1, 0.15) is 12.2 Å². The Morgan fingerprint density at radius 1 is 1.58 bits per heavy atom. The highest BCUT2D eigenvalue weighted by molar-refractivity contribution is 6.28. The first-order chi connectivity index (χ1) is 8.90. The molecular weight excluding hydrogens is 278 g/mol. The van der Waals surface area contributed by atoms with E-state index < -0.39 is 22.6 Å². The molecular formula is C9H8ClN5O4. The van der Waals surface area contributed by atoms with Crippen molar-refractivity contribution >= 4 is 34.9 Å². The van der Waals surface area contributed by atoms with Crippen molar-refractivity contribution in [2.45, 2.75) is 12.5 Å². The van der Waals surface area contributed by atoms with Crippen molar-refractivity contribution in [2.75, 3.05) is 12.4 Å². The Kier molecular flexibility index (Phi) is 3.30. The molecule has 0 radical (unpaired) electrons. The van der Waals surface area contributed by atoms with E-state index in [0.29, 0.717) is 0 Å². The summed E-state index contributed by atoms with van der Waals surface area (Å²) in [5.41, 5.74) is -0.417. The second-order valence-electron chi connectivity index (χ2n) is 3.82. The monoisotopic (exact) mass is 285 g/mol. The van der Waals surface area contributed by atoms with Crippen molar-refractivity contribution in [3.8, 4) is 0 Å². The van der Waals surface area contributed by atoms with Crippen LogP contribution in [0, 0.1) is 10.1 Å². The average molecular weight is 286 g/mol. The number of likely N-dealkylation sites (N-methyl/N-ethyl adjacent to an activating group) is 1. The number of halogens is 1. The lowest BCUT2D eigenvalue weighted by Crippen LogP contribution is -2.32. The van der Waals surface area contributed by atoms with Crippen LogP contribution in [0.2, 0.25) is 5.28 Å². The molecule has 0 spiro atoms. The minimum atomic E-state index is -0.887. The van der Waals surface area contributed by atoms with Crippen LogP contribution in [0.4, 0.5) is 11.5 Å². The van der Waals surface area contributed by atoms with Gasteiger partial charge in [0.25, 0.3) is 5.91 Å². The fourth-order valence-electron chi connectivity index (χ4n) is 1.63. The Balaban J connectivity index is 2.29. The van der Waals surface area contributed by atoms with Crippen LogP contribution < -0.4 is 5.32 Å². The largest absolute Gasteiger partial charge is 0.352 e. The zero-order chi connectivity index (χ0) is 14.2. The molecule has 2 rings (SSSR count). The quantitative estimate of drug-likeness (QED) is 0.365. The van der Waals surface area contributed by atoms with E-state index >= 15 is 0 Å². The van der Waals surface area contributed by atoms with Crippen LogP contribution >= 0.6 is 11.6 Å². The molecule has 0 saturated carbocycles. The van der Waals surface area contributed by atoms with Gasteiger partial charge in [-0.05, 0) is 11.6 Å². The maximum Gasteiger partial charge on any atom is 0.329 e. The van der Waals surface area contributed by atoms with Gasteiger partial charge in [0.2, 0.25) is 17.0 Å². The molecule has 1 N–H and O–H groups in total. The van der Waals surface area contributed by atoms with E-state index in [2.05, 4.69) is 15.3 Å². The van der Waals surface area contributed by atoms with Crippen molar-refractivity contribution in [1.29, 1.82) is 0 Å². The van der Waals surface area contributed by atoms with Gasteiger partial charge in [-0.2, -0.15) is 4.98 Å². The first-order valence-electron chi connectivity index (χ1n) is 5.14. The summed E-state index contributed by atoms with van der Waals surface area (Å²) in [6.45, 7) is 0. The highest BCUT2D eigenvalue weighted by Gasteiger charge is 2.37. The third-order valence-corrected chi connectivity index (χ3v) is 2.81. The molecule has 1 fully saturated rings. The van der Waals surface area contributed by atoms with Crippen molar-refractivity contribution in [1.82, 2.24) is 14.9 Å². The second-order valence-corrected chi connectivity index (χ2v) is 4.16. The normalized spacial score (nSPS) is 18.8. The van der Waals surface area contributed by atoms with Gasteiger partial charge in [-0.25, -0.2) is 4.98 Å². The molecule has 9 nitrogen and oxygen atoms in total. The molecule has 1 unspecified atom stereocenters. The Labute approximate surface area is 111 Å². The maximum atomic E-state index is 11.7. The standard InChI is InChI=1S/C9H8ClN5O4/c1-14-6(16)2-4(8(14)17)12-7-5(15(18)19)3-11-9(10)13-7/h3-4H,2H2,1H3,(H,11,12,13). The molecule has 19 heavy (non-hydrogen) atoms. The Hall–Kier alpha value is -2.29. The zero-order valence-corrected chi connectivity index (χ0v) is 10.4. The molecule has 2 amide bonds. The van der Waals surface area contributed by atoms with E-state index in [-0.39, 0.29) is 23.4 Å². The van der Waals surface area contributed by atoms with Gasteiger partial charge in [-0.3, -0.25) is 24.6 Å². The Bertz CT molecular complexity index is 578. The highest BCUT2D eigenvalue weighted by atomic mass is 35.5. The van der Waals surface area contributed by atoms with Gasteiger partial charge in [0.15, 0.2) is 0 Å². The topological polar surface area (TPSA) is 118 Å². The van der Waals surface area contributed by atoms with E-state index in [1.807, 2.05) is 0 Å². The van der Waals surface area contributed by atoms with Crippen LogP contribution in [0.1, 0.15) is 6.42 Å². The number of nitrogens with one attached hydrogen (secondary N) is 1. The van der Waals surface area contributed by atoms with Gasteiger partial charge in [-0.15, -0.1) is 0 Å². The summed E-state index contributed by atoms with van der Waals surface area (Å²) in [5, 5.41) is 13.2. The van der Waals surface area contributed by atoms with Crippen molar-refractivity contribution in [2.24, 2.45) is 0 Å². The fraction of sp³-hybridized carbons (Fsp3) is 0.333. The molecule has 1 atom stereocenters. The molecule has 1 aromatic rings. The van der Waals surface area contributed by atoms with Crippen LogP contribution in [0.3, 0.4) is 0 Å². The second kappa shape index (κ2) is 4.76. The van der Waals surface area contributed by atoms with Crippen LogP contribution in [0.15, 0.2) is 6.20 Å². The Morgan fingerprint density at radius 3 is 2.79 bits per heavy atom. The number of amides is 2. The summed E-state index contributed by atoms with van der Waals surface area (Å²) in [6.07, 6.45) is 0.844. The average Bonchev–Trinajstić information content (AvgIpc) is 2.57. The molecule has 100 valence electrons. The van der Waals surface area contributed by atoms with Gasteiger partial charge in [-0.1, -0.05) is 0 Å². The number of carbonyl (C=O) groups is 2. The lowest BCUT2D eigenvalue weighted by molar-refractivity contribution is -0.384. The number of hydrogen-bond donors (Lipinski definition) is 1. The molecule has 0 aromatic carbocycles. The van der Waals surface area contributed by atoms with Gasteiger partial charge >= 0.3 is 5.69 Å². The van der Waals surface area contributed by atoms with Crippen LogP contribution in [-0.4, -0.2) is 44.7 Å². The van der Waals surface area contributed by atoms with E-state index in [4.69, 9.17) is 11.6 Å². The third kappa shape index (κ3) is 2.45. The van der Waals surface area contributed by atoms with Crippen molar-refractivity contribution in [3.05, 3.63) is 21.6 Å².